The Balaban J connectivity index is 1.70. The van der Waals surface area contributed by atoms with Gasteiger partial charge < -0.3 is 0 Å². The SMILES string of the molecule is O=C(CCc1ccccc1)NNC(=O)[C@H]1CCS(=O)(=O)C1. The lowest BCUT2D eigenvalue weighted by atomic mass is 10.1. The molecule has 1 fully saturated rings. The zero-order chi connectivity index (χ0) is 15.3. The highest BCUT2D eigenvalue weighted by molar-refractivity contribution is 7.91. The fourth-order valence-electron chi connectivity index (χ4n) is 2.20. The molecule has 1 aromatic rings. The van der Waals surface area contributed by atoms with Gasteiger partial charge in [0.15, 0.2) is 9.84 Å². The van der Waals surface area contributed by atoms with Crippen LogP contribution in [0.25, 0.3) is 0 Å². The summed E-state index contributed by atoms with van der Waals surface area (Å²) in [7, 11) is -3.10. The number of hydrogen-bond acceptors (Lipinski definition) is 4. The van der Waals surface area contributed by atoms with E-state index in [0.717, 1.165) is 5.56 Å². The number of hydrogen-bond donors (Lipinski definition) is 2. The molecule has 1 saturated heterocycles. The van der Waals surface area contributed by atoms with Gasteiger partial charge in [0.05, 0.1) is 17.4 Å². The van der Waals surface area contributed by atoms with E-state index in [9.17, 15) is 18.0 Å². The lowest BCUT2D eigenvalue weighted by molar-refractivity contribution is -0.130. The van der Waals surface area contributed by atoms with Crippen molar-refractivity contribution in [1.29, 1.82) is 0 Å². The van der Waals surface area contributed by atoms with Crippen LogP contribution in [0.15, 0.2) is 30.3 Å². The molecule has 6 nitrogen and oxygen atoms in total. The first-order valence-corrected chi connectivity index (χ1v) is 8.61. The predicted octanol–water partition coefficient (Wildman–Crippen LogP) is 0.201. The highest BCUT2D eigenvalue weighted by Gasteiger charge is 2.32. The third-order valence-electron chi connectivity index (χ3n) is 3.41. The van der Waals surface area contributed by atoms with Crippen molar-refractivity contribution >= 4 is 21.7 Å². The van der Waals surface area contributed by atoms with E-state index >= 15 is 0 Å². The molecular formula is C14H18N2O4S. The summed E-state index contributed by atoms with van der Waals surface area (Å²) in [6.07, 6.45) is 1.15. The summed E-state index contributed by atoms with van der Waals surface area (Å²) in [5.41, 5.74) is 5.66. The van der Waals surface area contributed by atoms with Crippen LogP contribution in [0.4, 0.5) is 0 Å². The Morgan fingerprint density at radius 1 is 1.14 bits per heavy atom. The first kappa shape index (κ1) is 15.5. The molecule has 0 aromatic heterocycles. The maximum Gasteiger partial charge on any atom is 0.242 e. The molecule has 0 saturated carbocycles. The molecular weight excluding hydrogens is 292 g/mol. The Hall–Kier alpha value is -1.89. The van der Waals surface area contributed by atoms with Crippen molar-refractivity contribution in [2.75, 3.05) is 11.5 Å². The second kappa shape index (κ2) is 6.71. The van der Waals surface area contributed by atoms with Gasteiger partial charge in [0.2, 0.25) is 11.8 Å². The molecule has 21 heavy (non-hydrogen) atoms. The molecule has 1 heterocycles. The second-order valence-electron chi connectivity index (χ2n) is 5.12. The first-order chi connectivity index (χ1) is 9.96. The maximum atomic E-state index is 11.7. The lowest BCUT2D eigenvalue weighted by Gasteiger charge is -2.10. The summed E-state index contributed by atoms with van der Waals surface area (Å²) in [6, 6.07) is 9.55. The Bertz CT molecular complexity index is 613. The zero-order valence-corrected chi connectivity index (χ0v) is 12.4. The van der Waals surface area contributed by atoms with Crippen LogP contribution in [-0.4, -0.2) is 31.7 Å². The summed E-state index contributed by atoms with van der Waals surface area (Å²) in [5.74, 6) is -1.41. The molecule has 0 spiro atoms. The molecule has 2 amide bonds. The number of aryl methyl sites for hydroxylation is 1. The van der Waals surface area contributed by atoms with E-state index in [4.69, 9.17) is 0 Å². The van der Waals surface area contributed by atoms with Gasteiger partial charge in [0, 0.05) is 6.42 Å². The molecule has 0 radical (unpaired) electrons. The van der Waals surface area contributed by atoms with E-state index in [1.165, 1.54) is 0 Å². The van der Waals surface area contributed by atoms with Crippen molar-refractivity contribution in [3.63, 3.8) is 0 Å². The molecule has 7 heteroatoms. The fraction of sp³-hybridized carbons (Fsp3) is 0.429. The highest BCUT2D eigenvalue weighted by Crippen LogP contribution is 2.17. The summed E-state index contributed by atoms with van der Waals surface area (Å²) in [5, 5.41) is 0. The number of carbonyl (C=O) groups excluding carboxylic acids is 2. The van der Waals surface area contributed by atoms with Gasteiger partial charge in [0.1, 0.15) is 0 Å². The van der Waals surface area contributed by atoms with Crippen molar-refractivity contribution in [2.45, 2.75) is 19.3 Å². The van der Waals surface area contributed by atoms with E-state index < -0.39 is 21.7 Å². The van der Waals surface area contributed by atoms with Gasteiger partial charge in [-0.25, -0.2) is 8.42 Å². The van der Waals surface area contributed by atoms with Gasteiger partial charge in [-0.05, 0) is 18.4 Å². The predicted molar refractivity (Wildman–Crippen MR) is 77.8 cm³/mol. The third kappa shape index (κ3) is 4.86. The Labute approximate surface area is 123 Å². The van der Waals surface area contributed by atoms with Crippen molar-refractivity contribution < 1.29 is 18.0 Å². The van der Waals surface area contributed by atoms with Crippen molar-refractivity contribution in [3.05, 3.63) is 35.9 Å². The highest BCUT2D eigenvalue weighted by atomic mass is 32.2. The van der Waals surface area contributed by atoms with Gasteiger partial charge in [-0.2, -0.15) is 0 Å². The summed E-state index contributed by atoms with van der Waals surface area (Å²) < 4.78 is 22.6. The number of amides is 2. The van der Waals surface area contributed by atoms with Crippen LogP contribution in [0.3, 0.4) is 0 Å². The topological polar surface area (TPSA) is 92.3 Å². The lowest BCUT2D eigenvalue weighted by Crippen LogP contribution is -2.44. The van der Waals surface area contributed by atoms with Crippen molar-refractivity contribution in [1.82, 2.24) is 10.9 Å². The van der Waals surface area contributed by atoms with E-state index in [1.54, 1.807) is 0 Å². The van der Waals surface area contributed by atoms with Crippen LogP contribution >= 0.6 is 0 Å². The second-order valence-corrected chi connectivity index (χ2v) is 7.35. The maximum absolute atomic E-state index is 11.7. The van der Waals surface area contributed by atoms with Gasteiger partial charge in [-0.1, -0.05) is 30.3 Å². The molecule has 2 rings (SSSR count). The molecule has 0 bridgehead atoms. The Morgan fingerprint density at radius 2 is 1.86 bits per heavy atom. The molecule has 1 aliphatic rings. The number of nitrogens with one attached hydrogen (secondary N) is 2. The number of benzene rings is 1. The van der Waals surface area contributed by atoms with Crippen LogP contribution in [0, 0.1) is 5.92 Å². The summed E-state index contributed by atoms with van der Waals surface area (Å²) in [4.78, 5) is 23.3. The molecule has 0 unspecified atom stereocenters. The molecule has 2 N–H and O–H groups in total. The third-order valence-corrected chi connectivity index (χ3v) is 5.18. The monoisotopic (exact) mass is 310 g/mol. The van der Waals surface area contributed by atoms with E-state index in [1.807, 2.05) is 30.3 Å². The molecule has 114 valence electrons. The number of carbonyl (C=O) groups is 2. The normalized spacial score (nSPS) is 19.9. The standard InChI is InChI=1S/C14H18N2O4S/c17-13(7-6-11-4-2-1-3-5-11)15-16-14(18)12-8-9-21(19,20)10-12/h1-5,12H,6-10H2,(H,15,17)(H,16,18)/t12-/m0/s1. The summed E-state index contributed by atoms with van der Waals surface area (Å²) in [6.45, 7) is 0. The van der Waals surface area contributed by atoms with Crippen LogP contribution in [-0.2, 0) is 25.8 Å². The molecule has 1 atom stereocenters. The minimum atomic E-state index is -3.10. The zero-order valence-electron chi connectivity index (χ0n) is 11.5. The van der Waals surface area contributed by atoms with E-state index in [-0.39, 0.29) is 23.8 Å². The minimum absolute atomic E-state index is 0.0348. The number of sulfone groups is 1. The van der Waals surface area contributed by atoms with Crippen molar-refractivity contribution in [2.24, 2.45) is 5.92 Å². The molecule has 1 aromatic carbocycles. The van der Waals surface area contributed by atoms with Gasteiger partial charge >= 0.3 is 0 Å². The largest absolute Gasteiger partial charge is 0.273 e. The van der Waals surface area contributed by atoms with Gasteiger partial charge in [-0.15, -0.1) is 0 Å². The van der Waals surface area contributed by atoms with Gasteiger partial charge in [0.25, 0.3) is 0 Å². The molecule has 0 aliphatic carbocycles. The number of rotatable bonds is 4. The average molecular weight is 310 g/mol. The number of hydrazine groups is 1. The quantitative estimate of drug-likeness (QED) is 0.777. The molecule has 1 aliphatic heterocycles. The van der Waals surface area contributed by atoms with Crippen LogP contribution in [0.2, 0.25) is 0 Å². The van der Waals surface area contributed by atoms with E-state index in [0.29, 0.717) is 12.8 Å². The summed E-state index contributed by atoms with van der Waals surface area (Å²) >= 11 is 0. The van der Waals surface area contributed by atoms with Crippen LogP contribution in [0.5, 0.6) is 0 Å². The van der Waals surface area contributed by atoms with Crippen molar-refractivity contribution in [3.8, 4) is 0 Å². The Morgan fingerprint density at radius 3 is 2.48 bits per heavy atom. The smallest absolute Gasteiger partial charge is 0.242 e. The van der Waals surface area contributed by atoms with E-state index in [2.05, 4.69) is 10.9 Å². The van der Waals surface area contributed by atoms with Crippen LogP contribution in [0.1, 0.15) is 18.4 Å². The van der Waals surface area contributed by atoms with Crippen LogP contribution < -0.4 is 10.9 Å². The van der Waals surface area contributed by atoms with Gasteiger partial charge in [-0.3, -0.25) is 20.4 Å². The average Bonchev–Trinajstić information content (AvgIpc) is 2.84. The fourth-order valence-corrected chi connectivity index (χ4v) is 3.94. The Kier molecular flexibility index (Phi) is 4.95. The first-order valence-electron chi connectivity index (χ1n) is 6.79. The minimum Gasteiger partial charge on any atom is -0.273 e.